The van der Waals surface area contributed by atoms with Crippen LogP contribution in [0, 0.1) is 6.92 Å². The topological polar surface area (TPSA) is 33.2 Å². The number of amides is 1. The van der Waals surface area contributed by atoms with Gasteiger partial charge in [0.1, 0.15) is 0 Å². The highest BCUT2D eigenvalue weighted by Crippen LogP contribution is 2.19. The van der Waals surface area contributed by atoms with E-state index in [-0.39, 0.29) is 5.91 Å². The minimum absolute atomic E-state index is 0.137. The SMILES string of the molecule is Cc1cc(Cl)c(C(=O)N(C)Cc2cccc(Br)c2)cn1. The zero-order chi connectivity index (χ0) is 14.7. The van der Waals surface area contributed by atoms with Crippen LogP contribution < -0.4 is 0 Å². The molecule has 2 rings (SSSR count). The lowest BCUT2D eigenvalue weighted by molar-refractivity contribution is 0.0785. The van der Waals surface area contributed by atoms with E-state index in [4.69, 9.17) is 11.6 Å². The van der Waals surface area contributed by atoms with Gasteiger partial charge < -0.3 is 4.90 Å². The van der Waals surface area contributed by atoms with Gasteiger partial charge in [0.05, 0.1) is 10.6 Å². The van der Waals surface area contributed by atoms with E-state index in [9.17, 15) is 4.79 Å². The molecule has 0 atom stereocenters. The molecule has 0 aliphatic heterocycles. The van der Waals surface area contributed by atoms with Crippen molar-refractivity contribution in [3.8, 4) is 0 Å². The van der Waals surface area contributed by atoms with E-state index in [1.54, 1.807) is 18.0 Å². The molecule has 0 bridgehead atoms. The molecule has 2 aromatic rings. The summed E-state index contributed by atoms with van der Waals surface area (Å²) in [5.41, 5.74) is 2.27. The number of halogens is 2. The highest BCUT2D eigenvalue weighted by atomic mass is 79.9. The number of aromatic nitrogens is 1. The molecule has 0 aliphatic rings. The Balaban J connectivity index is 2.16. The van der Waals surface area contributed by atoms with Gasteiger partial charge in [-0.25, -0.2) is 0 Å². The summed E-state index contributed by atoms with van der Waals surface area (Å²) in [7, 11) is 1.75. The first-order valence-corrected chi connectivity index (χ1v) is 7.26. The van der Waals surface area contributed by atoms with Crippen LogP contribution in [0.4, 0.5) is 0 Å². The van der Waals surface area contributed by atoms with Gasteiger partial charge in [-0.3, -0.25) is 9.78 Å². The fourth-order valence-electron chi connectivity index (χ4n) is 1.87. The van der Waals surface area contributed by atoms with Crippen LogP contribution in [0.25, 0.3) is 0 Å². The summed E-state index contributed by atoms with van der Waals surface area (Å²) >= 11 is 9.52. The number of rotatable bonds is 3. The highest BCUT2D eigenvalue weighted by Gasteiger charge is 2.16. The summed E-state index contributed by atoms with van der Waals surface area (Å²) in [5.74, 6) is -0.137. The quantitative estimate of drug-likeness (QED) is 0.833. The van der Waals surface area contributed by atoms with Crippen molar-refractivity contribution in [1.29, 1.82) is 0 Å². The number of hydrogen-bond acceptors (Lipinski definition) is 2. The van der Waals surface area contributed by atoms with Crippen molar-refractivity contribution in [2.24, 2.45) is 0 Å². The molecule has 0 saturated heterocycles. The second-order valence-corrected chi connectivity index (χ2v) is 5.92. The summed E-state index contributed by atoms with van der Waals surface area (Å²) in [5, 5.41) is 0.434. The third-order valence-corrected chi connectivity index (χ3v) is 3.68. The highest BCUT2D eigenvalue weighted by molar-refractivity contribution is 9.10. The van der Waals surface area contributed by atoms with E-state index in [2.05, 4.69) is 20.9 Å². The Morgan fingerprint density at radius 2 is 2.15 bits per heavy atom. The number of pyridine rings is 1. The minimum atomic E-state index is -0.137. The molecule has 1 aromatic heterocycles. The standard InChI is InChI=1S/C15H14BrClN2O/c1-10-6-14(17)13(8-18-10)15(20)19(2)9-11-4-3-5-12(16)7-11/h3-8H,9H2,1-2H3. The van der Waals surface area contributed by atoms with Crippen molar-refractivity contribution >= 4 is 33.4 Å². The molecular weight excluding hydrogens is 340 g/mol. The van der Waals surface area contributed by atoms with Crippen molar-refractivity contribution in [3.05, 3.63) is 62.8 Å². The second-order valence-electron chi connectivity index (χ2n) is 4.60. The zero-order valence-corrected chi connectivity index (χ0v) is 13.6. The Bertz CT molecular complexity index is 646. The summed E-state index contributed by atoms with van der Waals surface area (Å²) < 4.78 is 0.992. The van der Waals surface area contributed by atoms with Gasteiger partial charge in [-0.1, -0.05) is 39.7 Å². The summed E-state index contributed by atoms with van der Waals surface area (Å²) in [6.45, 7) is 2.35. The first-order chi connectivity index (χ1) is 9.47. The third kappa shape index (κ3) is 3.58. The van der Waals surface area contributed by atoms with Gasteiger partial charge in [0.25, 0.3) is 5.91 Å². The molecule has 0 N–H and O–H groups in total. The van der Waals surface area contributed by atoms with Gasteiger partial charge in [-0.05, 0) is 30.7 Å². The van der Waals surface area contributed by atoms with Gasteiger partial charge in [-0.2, -0.15) is 0 Å². The van der Waals surface area contributed by atoms with Crippen LogP contribution in [0.2, 0.25) is 5.02 Å². The normalized spacial score (nSPS) is 10.4. The van der Waals surface area contributed by atoms with Crippen molar-refractivity contribution in [3.63, 3.8) is 0 Å². The average molecular weight is 354 g/mol. The van der Waals surface area contributed by atoms with Gasteiger partial charge in [0, 0.05) is 30.0 Å². The van der Waals surface area contributed by atoms with E-state index in [0.29, 0.717) is 17.1 Å². The van der Waals surface area contributed by atoms with E-state index in [1.165, 1.54) is 6.20 Å². The maximum atomic E-state index is 12.4. The van der Waals surface area contributed by atoms with Crippen molar-refractivity contribution < 1.29 is 4.79 Å². The molecule has 1 heterocycles. The van der Waals surface area contributed by atoms with Gasteiger partial charge in [0.2, 0.25) is 0 Å². The molecule has 0 radical (unpaired) electrons. The summed E-state index contributed by atoms with van der Waals surface area (Å²) in [4.78, 5) is 18.1. The molecule has 0 aliphatic carbocycles. The lowest BCUT2D eigenvalue weighted by atomic mass is 10.2. The summed E-state index contributed by atoms with van der Waals surface area (Å²) in [6, 6.07) is 9.55. The Hall–Kier alpha value is -1.39. The maximum Gasteiger partial charge on any atom is 0.256 e. The van der Waals surface area contributed by atoms with E-state index in [0.717, 1.165) is 15.7 Å². The first kappa shape index (κ1) is 15.0. The maximum absolute atomic E-state index is 12.4. The van der Waals surface area contributed by atoms with Crippen LogP contribution in [-0.2, 0) is 6.54 Å². The predicted molar refractivity (Wildman–Crippen MR) is 83.9 cm³/mol. The number of hydrogen-bond donors (Lipinski definition) is 0. The molecule has 1 aromatic carbocycles. The van der Waals surface area contributed by atoms with Crippen molar-refractivity contribution in [2.75, 3.05) is 7.05 Å². The molecule has 3 nitrogen and oxygen atoms in total. The second kappa shape index (κ2) is 6.37. The molecule has 1 amide bonds. The Morgan fingerprint density at radius 3 is 2.80 bits per heavy atom. The fraction of sp³-hybridized carbons (Fsp3) is 0.200. The summed E-state index contributed by atoms with van der Waals surface area (Å²) in [6.07, 6.45) is 1.53. The fourth-order valence-corrected chi connectivity index (χ4v) is 2.60. The molecular formula is C15H14BrClN2O. The lowest BCUT2D eigenvalue weighted by Crippen LogP contribution is -2.26. The first-order valence-electron chi connectivity index (χ1n) is 6.09. The molecule has 0 fully saturated rings. The van der Waals surface area contributed by atoms with Crippen LogP contribution in [0.3, 0.4) is 0 Å². The number of carbonyl (C=O) groups is 1. The van der Waals surface area contributed by atoms with Crippen LogP contribution in [0.15, 0.2) is 41.0 Å². The number of nitrogens with zero attached hydrogens (tertiary/aromatic N) is 2. The van der Waals surface area contributed by atoms with Crippen molar-refractivity contribution in [2.45, 2.75) is 13.5 Å². The van der Waals surface area contributed by atoms with Gasteiger partial charge in [-0.15, -0.1) is 0 Å². The van der Waals surface area contributed by atoms with Crippen molar-refractivity contribution in [1.82, 2.24) is 9.88 Å². The monoisotopic (exact) mass is 352 g/mol. The molecule has 20 heavy (non-hydrogen) atoms. The van der Waals surface area contributed by atoms with Crippen LogP contribution in [0.1, 0.15) is 21.6 Å². The van der Waals surface area contributed by atoms with Crippen LogP contribution >= 0.6 is 27.5 Å². The largest absolute Gasteiger partial charge is 0.337 e. The number of benzene rings is 1. The number of aryl methyl sites for hydroxylation is 1. The molecule has 104 valence electrons. The minimum Gasteiger partial charge on any atom is -0.337 e. The Labute approximate surface area is 131 Å². The van der Waals surface area contributed by atoms with Gasteiger partial charge in [0.15, 0.2) is 0 Å². The molecule has 0 saturated carbocycles. The third-order valence-electron chi connectivity index (χ3n) is 2.88. The van der Waals surface area contributed by atoms with E-state index >= 15 is 0 Å². The molecule has 5 heteroatoms. The average Bonchev–Trinajstić information content (AvgIpc) is 2.38. The van der Waals surface area contributed by atoms with E-state index in [1.807, 2.05) is 31.2 Å². The lowest BCUT2D eigenvalue weighted by Gasteiger charge is -2.18. The van der Waals surface area contributed by atoms with Crippen LogP contribution in [-0.4, -0.2) is 22.8 Å². The smallest absolute Gasteiger partial charge is 0.256 e. The van der Waals surface area contributed by atoms with Crippen LogP contribution in [0.5, 0.6) is 0 Å². The molecule has 0 unspecified atom stereocenters. The zero-order valence-electron chi connectivity index (χ0n) is 11.2. The Morgan fingerprint density at radius 1 is 1.40 bits per heavy atom. The molecule has 0 spiro atoms. The van der Waals surface area contributed by atoms with E-state index < -0.39 is 0 Å². The number of carbonyl (C=O) groups excluding carboxylic acids is 1. The van der Waals surface area contributed by atoms with Gasteiger partial charge >= 0.3 is 0 Å². The predicted octanol–water partition coefficient (Wildman–Crippen LogP) is 4.08. The Kier molecular flexibility index (Phi) is 4.78.